The minimum atomic E-state index is -0.931. The van der Waals surface area contributed by atoms with Gasteiger partial charge in [0.1, 0.15) is 0 Å². The van der Waals surface area contributed by atoms with Crippen LogP contribution in [0.2, 0.25) is 0 Å². The molecule has 1 atom stereocenters. The standard InChI is InChI=1S/C17H23NO4/c1-2-22-12-14-9-10-18(11-14)16(19)8-5-13-3-6-15(7-4-13)17(20)21/h3-4,6-7,14H,2,5,8-12H2,1H3,(H,20,21)/t14-/m0/s1. The van der Waals surface area contributed by atoms with Crippen molar-refractivity contribution < 1.29 is 19.4 Å². The van der Waals surface area contributed by atoms with Gasteiger partial charge in [-0.2, -0.15) is 0 Å². The smallest absolute Gasteiger partial charge is 0.335 e. The molecule has 5 heteroatoms. The van der Waals surface area contributed by atoms with E-state index in [4.69, 9.17) is 9.84 Å². The summed E-state index contributed by atoms with van der Waals surface area (Å²) in [6.07, 6.45) is 2.12. The van der Waals surface area contributed by atoms with Gasteiger partial charge in [-0.05, 0) is 37.5 Å². The van der Waals surface area contributed by atoms with E-state index in [1.807, 2.05) is 11.8 Å². The van der Waals surface area contributed by atoms with E-state index in [1.54, 1.807) is 24.3 Å². The Kier molecular flexibility index (Phi) is 5.95. The van der Waals surface area contributed by atoms with Crippen LogP contribution in [-0.2, 0) is 16.0 Å². The van der Waals surface area contributed by atoms with Gasteiger partial charge in [0, 0.05) is 32.0 Å². The summed E-state index contributed by atoms with van der Waals surface area (Å²) in [7, 11) is 0. The van der Waals surface area contributed by atoms with Gasteiger partial charge in [0.25, 0.3) is 0 Å². The third-order valence-electron chi connectivity index (χ3n) is 4.02. The van der Waals surface area contributed by atoms with E-state index in [-0.39, 0.29) is 11.5 Å². The summed E-state index contributed by atoms with van der Waals surface area (Å²) < 4.78 is 5.42. The number of ether oxygens (including phenoxy) is 1. The van der Waals surface area contributed by atoms with Gasteiger partial charge < -0.3 is 14.7 Å². The van der Waals surface area contributed by atoms with Crippen molar-refractivity contribution in [3.05, 3.63) is 35.4 Å². The maximum atomic E-state index is 12.2. The van der Waals surface area contributed by atoms with Crippen LogP contribution in [0.3, 0.4) is 0 Å². The van der Waals surface area contributed by atoms with Gasteiger partial charge in [0.15, 0.2) is 0 Å². The SMILES string of the molecule is CCOC[C@H]1CCN(C(=O)CCc2ccc(C(=O)O)cc2)C1. The molecule has 1 aliphatic rings. The fourth-order valence-electron chi connectivity index (χ4n) is 2.70. The summed E-state index contributed by atoms with van der Waals surface area (Å²) in [5, 5.41) is 8.85. The summed E-state index contributed by atoms with van der Waals surface area (Å²) in [6, 6.07) is 6.71. The Morgan fingerprint density at radius 1 is 1.32 bits per heavy atom. The molecule has 0 radical (unpaired) electrons. The van der Waals surface area contributed by atoms with Gasteiger partial charge in [0.2, 0.25) is 5.91 Å². The summed E-state index contributed by atoms with van der Waals surface area (Å²) in [5.74, 6) is -0.305. The van der Waals surface area contributed by atoms with Crippen molar-refractivity contribution >= 4 is 11.9 Å². The van der Waals surface area contributed by atoms with Crippen molar-refractivity contribution in [2.24, 2.45) is 5.92 Å². The molecule has 22 heavy (non-hydrogen) atoms. The highest BCUT2D eigenvalue weighted by Crippen LogP contribution is 2.18. The van der Waals surface area contributed by atoms with E-state index in [9.17, 15) is 9.59 Å². The van der Waals surface area contributed by atoms with E-state index in [0.29, 0.717) is 18.8 Å². The minimum absolute atomic E-state index is 0.168. The van der Waals surface area contributed by atoms with Crippen LogP contribution >= 0.6 is 0 Å². The lowest BCUT2D eigenvalue weighted by molar-refractivity contribution is -0.130. The fourth-order valence-corrected chi connectivity index (χ4v) is 2.70. The van der Waals surface area contributed by atoms with Crippen LogP contribution in [0.25, 0.3) is 0 Å². The highest BCUT2D eigenvalue weighted by atomic mass is 16.5. The lowest BCUT2D eigenvalue weighted by Crippen LogP contribution is -2.29. The van der Waals surface area contributed by atoms with Crippen molar-refractivity contribution in [2.45, 2.75) is 26.2 Å². The lowest BCUT2D eigenvalue weighted by atomic mass is 10.1. The number of benzene rings is 1. The molecule has 0 bridgehead atoms. The van der Waals surface area contributed by atoms with Crippen LogP contribution in [0, 0.1) is 5.92 Å². The monoisotopic (exact) mass is 305 g/mol. The Labute approximate surface area is 130 Å². The van der Waals surface area contributed by atoms with E-state index >= 15 is 0 Å². The normalized spacial score (nSPS) is 17.7. The molecular formula is C17H23NO4. The number of carbonyl (C=O) groups is 2. The molecule has 0 saturated carbocycles. The predicted octanol–water partition coefficient (Wildman–Crippen LogP) is 2.20. The molecular weight excluding hydrogens is 282 g/mol. The first-order chi connectivity index (χ1) is 10.6. The van der Waals surface area contributed by atoms with Gasteiger partial charge in [0.05, 0.1) is 12.2 Å². The molecule has 1 N–H and O–H groups in total. The van der Waals surface area contributed by atoms with Gasteiger partial charge in [-0.15, -0.1) is 0 Å². The van der Waals surface area contributed by atoms with Crippen molar-refractivity contribution in [2.75, 3.05) is 26.3 Å². The Bertz CT molecular complexity index is 512. The molecule has 1 aliphatic heterocycles. The zero-order chi connectivity index (χ0) is 15.9. The van der Waals surface area contributed by atoms with E-state index in [1.165, 1.54) is 0 Å². The van der Waals surface area contributed by atoms with Gasteiger partial charge >= 0.3 is 5.97 Å². The second-order valence-electron chi connectivity index (χ2n) is 5.66. The third-order valence-corrected chi connectivity index (χ3v) is 4.02. The average Bonchev–Trinajstić information content (AvgIpc) is 3.00. The van der Waals surface area contributed by atoms with E-state index in [2.05, 4.69) is 0 Å². The lowest BCUT2D eigenvalue weighted by Gasteiger charge is -2.16. The van der Waals surface area contributed by atoms with Crippen LogP contribution in [-0.4, -0.2) is 48.2 Å². The van der Waals surface area contributed by atoms with Crippen molar-refractivity contribution in [1.82, 2.24) is 4.90 Å². The minimum Gasteiger partial charge on any atom is -0.478 e. The van der Waals surface area contributed by atoms with Crippen LogP contribution < -0.4 is 0 Å². The molecule has 1 saturated heterocycles. The zero-order valence-corrected chi connectivity index (χ0v) is 13.0. The number of hydrogen-bond acceptors (Lipinski definition) is 3. The summed E-state index contributed by atoms with van der Waals surface area (Å²) in [4.78, 5) is 24.9. The number of carboxylic acids is 1. The highest BCUT2D eigenvalue weighted by Gasteiger charge is 2.25. The number of carboxylic acid groups (broad SMARTS) is 1. The van der Waals surface area contributed by atoms with Gasteiger partial charge in [-0.1, -0.05) is 12.1 Å². The molecule has 0 aliphatic carbocycles. The molecule has 1 aromatic carbocycles. The first-order valence-electron chi connectivity index (χ1n) is 7.78. The number of amides is 1. The van der Waals surface area contributed by atoms with Crippen LogP contribution in [0.15, 0.2) is 24.3 Å². The Balaban J connectivity index is 1.77. The second-order valence-corrected chi connectivity index (χ2v) is 5.66. The van der Waals surface area contributed by atoms with E-state index in [0.717, 1.165) is 38.3 Å². The van der Waals surface area contributed by atoms with Gasteiger partial charge in [-0.3, -0.25) is 4.79 Å². The maximum absolute atomic E-state index is 12.2. The Morgan fingerprint density at radius 3 is 2.68 bits per heavy atom. The van der Waals surface area contributed by atoms with Gasteiger partial charge in [-0.25, -0.2) is 4.79 Å². The van der Waals surface area contributed by atoms with Crippen molar-refractivity contribution in [3.8, 4) is 0 Å². The summed E-state index contributed by atoms with van der Waals surface area (Å²) in [6.45, 7) is 5.03. The Hall–Kier alpha value is -1.88. The predicted molar refractivity (Wildman–Crippen MR) is 82.9 cm³/mol. The zero-order valence-electron chi connectivity index (χ0n) is 13.0. The fraction of sp³-hybridized carbons (Fsp3) is 0.529. The number of aryl methyl sites for hydroxylation is 1. The molecule has 1 aromatic rings. The molecule has 2 rings (SSSR count). The largest absolute Gasteiger partial charge is 0.478 e. The number of carbonyl (C=O) groups excluding carboxylic acids is 1. The molecule has 5 nitrogen and oxygen atoms in total. The van der Waals surface area contributed by atoms with Crippen LogP contribution in [0.4, 0.5) is 0 Å². The second kappa shape index (κ2) is 7.94. The average molecular weight is 305 g/mol. The summed E-state index contributed by atoms with van der Waals surface area (Å²) in [5.41, 5.74) is 1.26. The Morgan fingerprint density at radius 2 is 2.05 bits per heavy atom. The quantitative estimate of drug-likeness (QED) is 0.838. The third kappa shape index (κ3) is 4.56. The molecule has 0 spiro atoms. The first kappa shape index (κ1) is 16.5. The number of likely N-dealkylation sites (tertiary alicyclic amines) is 1. The van der Waals surface area contributed by atoms with E-state index < -0.39 is 5.97 Å². The summed E-state index contributed by atoms with van der Waals surface area (Å²) >= 11 is 0. The number of rotatable bonds is 7. The van der Waals surface area contributed by atoms with Crippen LogP contribution in [0.5, 0.6) is 0 Å². The van der Waals surface area contributed by atoms with Crippen LogP contribution in [0.1, 0.15) is 35.7 Å². The molecule has 1 fully saturated rings. The molecule has 1 amide bonds. The van der Waals surface area contributed by atoms with Crippen molar-refractivity contribution in [1.29, 1.82) is 0 Å². The molecule has 1 heterocycles. The topological polar surface area (TPSA) is 66.8 Å². The van der Waals surface area contributed by atoms with Crippen molar-refractivity contribution in [3.63, 3.8) is 0 Å². The molecule has 0 aromatic heterocycles. The molecule has 120 valence electrons. The number of hydrogen-bond donors (Lipinski definition) is 1. The first-order valence-corrected chi connectivity index (χ1v) is 7.78. The highest BCUT2D eigenvalue weighted by molar-refractivity contribution is 5.87. The number of aromatic carboxylic acids is 1. The maximum Gasteiger partial charge on any atom is 0.335 e. The molecule has 0 unspecified atom stereocenters. The number of nitrogens with zero attached hydrogens (tertiary/aromatic N) is 1.